The van der Waals surface area contributed by atoms with Crippen molar-refractivity contribution >= 4 is 34.7 Å². The van der Waals surface area contributed by atoms with Crippen LogP contribution < -0.4 is 25.6 Å². The van der Waals surface area contributed by atoms with Crippen molar-refractivity contribution in [2.45, 2.75) is 32.2 Å². The van der Waals surface area contributed by atoms with Crippen molar-refractivity contribution < 1.29 is 14.3 Å². The molecule has 3 aromatic rings. The molecule has 2 heterocycles. The number of carbonyl (C=O) groups is 2. The first-order valence-electron chi connectivity index (χ1n) is 11.8. The summed E-state index contributed by atoms with van der Waals surface area (Å²) in [5, 5.41) is 9.02. The van der Waals surface area contributed by atoms with Gasteiger partial charge in [-0.2, -0.15) is 0 Å². The van der Waals surface area contributed by atoms with Crippen LogP contribution in [0.1, 0.15) is 36.5 Å². The highest BCUT2D eigenvalue weighted by atomic mass is 16.5. The molecule has 2 amide bonds. The van der Waals surface area contributed by atoms with Crippen molar-refractivity contribution in [3.63, 3.8) is 0 Å². The Labute approximate surface area is 205 Å². The van der Waals surface area contributed by atoms with Crippen LogP contribution in [0, 0.1) is 0 Å². The van der Waals surface area contributed by atoms with Crippen molar-refractivity contribution in [2.24, 2.45) is 0 Å². The Morgan fingerprint density at radius 2 is 1.86 bits per heavy atom. The van der Waals surface area contributed by atoms with E-state index in [0.29, 0.717) is 22.8 Å². The summed E-state index contributed by atoms with van der Waals surface area (Å²) in [6, 6.07) is 18.3. The van der Waals surface area contributed by atoms with Crippen LogP contribution in [-0.4, -0.2) is 43.0 Å². The lowest BCUT2D eigenvalue weighted by Crippen LogP contribution is -2.35. The molecule has 0 saturated carbocycles. The molecule has 3 N–H and O–H groups in total. The maximum absolute atomic E-state index is 13.0. The number of benzene rings is 2. The van der Waals surface area contributed by atoms with Gasteiger partial charge < -0.3 is 25.6 Å². The number of hydrogen-bond acceptors (Lipinski definition) is 6. The molecule has 1 aromatic heterocycles. The highest BCUT2D eigenvalue weighted by Crippen LogP contribution is 2.28. The summed E-state index contributed by atoms with van der Waals surface area (Å²) in [7, 11) is 1.59. The number of ether oxygens (including phenoxy) is 1. The van der Waals surface area contributed by atoms with Crippen LogP contribution in [0.5, 0.6) is 5.75 Å². The maximum Gasteiger partial charge on any atom is 0.255 e. The predicted octanol–water partition coefficient (Wildman–Crippen LogP) is 4.58. The minimum atomic E-state index is -0.372. The van der Waals surface area contributed by atoms with Gasteiger partial charge in [-0.1, -0.05) is 18.2 Å². The Morgan fingerprint density at radius 1 is 1.06 bits per heavy atom. The van der Waals surface area contributed by atoms with Gasteiger partial charge in [0.15, 0.2) is 0 Å². The van der Waals surface area contributed by atoms with Crippen molar-refractivity contribution in [3.05, 3.63) is 72.4 Å². The lowest BCUT2D eigenvalue weighted by atomic mass is 10.1. The summed E-state index contributed by atoms with van der Waals surface area (Å²) in [5.41, 5.74) is 2.96. The molecular weight excluding hydrogens is 442 g/mol. The smallest absolute Gasteiger partial charge is 0.255 e. The Hall–Kier alpha value is -4.07. The number of nitrogens with zero attached hydrogens (tertiary/aromatic N) is 2. The zero-order chi connectivity index (χ0) is 24.6. The number of carbonyl (C=O) groups excluding carboxylic acids is 2. The van der Waals surface area contributed by atoms with Gasteiger partial charge in [0.25, 0.3) is 5.91 Å². The maximum atomic E-state index is 13.0. The van der Waals surface area contributed by atoms with Gasteiger partial charge in [0.2, 0.25) is 5.91 Å². The van der Waals surface area contributed by atoms with E-state index in [9.17, 15) is 9.59 Å². The molecule has 1 aliphatic rings. The number of anilines is 4. The van der Waals surface area contributed by atoms with Gasteiger partial charge >= 0.3 is 0 Å². The second-order valence-corrected chi connectivity index (χ2v) is 8.60. The van der Waals surface area contributed by atoms with E-state index in [2.05, 4.69) is 31.9 Å². The Bertz CT molecular complexity index is 1180. The van der Waals surface area contributed by atoms with E-state index in [0.717, 1.165) is 24.5 Å². The predicted molar refractivity (Wildman–Crippen MR) is 139 cm³/mol. The van der Waals surface area contributed by atoms with Gasteiger partial charge in [0, 0.05) is 43.1 Å². The van der Waals surface area contributed by atoms with Crippen LogP contribution >= 0.6 is 0 Å². The molecule has 1 aliphatic heterocycles. The second-order valence-electron chi connectivity index (χ2n) is 8.60. The Kier molecular flexibility index (Phi) is 7.82. The molecular formula is C27H31N5O3. The molecule has 182 valence electrons. The summed E-state index contributed by atoms with van der Waals surface area (Å²) in [4.78, 5) is 32.3. The monoisotopic (exact) mass is 473 g/mol. The molecule has 35 heavy (non-hydrogen) atoms. The van der Waals surface area contributed by atoms with Crippen molar-refractivity contribution in [1.82, 2.24) is 10.3 Å². The fraction of sp³-hybridized carbons (Fsp3) is 0.296. The highest BCUT2D eigenvalue weighted by Gasteiger charge is 2.18. The molecule has 8 heteroatoms. The molecule has 0 aliphatic carbocycles. The van der Waals surface area contributed by atoms with E-state index < -0.39 is 0 Å². The van der Waals surface area contributed by atoms with E-state index >= 15 is 0 Å². The summed E-state index contributed by atoms with van der Waals surface area (Å²) >= 11 is 0. The van der Waals surface area contributed by atoms with E-state index in [-0.39, 0.29) is 24.3 Å². The first-order valence-corrected chi connectivity index (χ1v) is 11.8. The highest BCUT2D eigenvalue weighted by molar-refractivity contribution is 6.00. The van der Waals surface area contributed by atoms with E-state index in [1.165, 1.54) is 12.8 Å². The number of hydrogen-bond donors (Lipinski definition) is 3. The van der Waals surface area contributed by atoms with Crippen LogP contribution in [0.25, 0.3) is 0 Å². The first kappa shape index (κ1) is 24.1. The lowest BCUT2D eigenvalue weighted by molar-refractivity contribution is -0.116. The molecule has 8 nitrogen and oxygen atoms in total. The zero-order valence-electron chi connectivity index (χ0n) is 20.1. The zero-order valence-corrected chi connectivity index (χ0v) is 20.1. The largest absolute Gasteiger partial charge is 0.495 e. The van der Waals surface area contributed by atoms with Gasteiger partial charge in [-0.3, -0.25) is 9.59 Å². The van der Waals surface area contributed by atoms with Gasteiger partial charge in [-0.15, -0.1) is 0 Å². The van der Waals surface area contributed by atoms with Crippen LogP contribution in [-0.2, 0) is 4.79 Å². The fourth-order valence-electron chi connectivity index (χ4n) is 4.16. The minimum absolute atomic E-state index is 0.148. The molecule has 4 rings (SSSR count). The van der Waals surface area contributed by atoms with Crippen molar-refractivity contribution in [3.8, 4) is 5.75 Å². The normalized spacial score (nSPS) is 13.7. The molecule has 1 unspecified atom stereocenters. The summed E-state index contributed by atoms with van der Waals surface area (Å²) < 4.78 is 5.37. The van der Waals surface area contributed by atoms with E-state index in [1.54, 1.807) is 25.4 Å². The topological polar surface area (TPSA) is 95.6 Å². The number of methoxy groups -OCH3 is 1. The average Bonchev–Trinajstić information content (AvgIpc) is 3.40. The number of nitrogens with one attached hydrogen (secondary N) is 3. The summed E-state index contributed by atoms with van der Waals surface area (Å²) in [5.74, 6) is 0.579. The van der Waals surface area contributed by atoms with Crippen LogP contribution in [0.15, 0.2) is 66.9 Å². The van der Waals surface area contributed by atoms with Crippen molar-refractivity contribution in [2.75, 3.05) is 35.7 Å². The lowest BCUT2D eigenvalue weighted by Gasteiger charge is -2.19. The first-order chi connectivity index (χ1) is 17.0. The number of rotatable bonds is 9. The molecule has 0 spiro atoms. The van der Waals surface area contributed by atoms with Crippen LogP contribution in [0.3, 0.4) is 0 Å². The number of para-hydroxylation sites is 2. The third-order valence-corrected chi connectivity index (χ3v) is 5.88. The molecule has 1 saturated heterocycles. The molecule has 0 bridgehead atoms. The Morgan fingerprint density at radius 3 is 2.66 bits per heavy atom. The van der Waals surface area contributed by atoms with Crippen LogP contribution in [0.2, 0.25) is 0 Å². The molecule has 1 fully saturated rings. The van der Waals surface area contributed by atoms with E-state index in [4.69, 9.17) is 4.74 Å². The number of aromatic nitrogens is 1. The average molecular weight is 474 g/mol. The fourth-order valence-corrected chi connectivity index (χ4v) is 4.16. The minimum Gasteiger partial charge on any atom is -0.495 e. The standard InChI is InChI=1S/C27H31N5O3/c1-19(17-25(33)30-20-9-7-10-21(18-20)32-15-5-6-16-32)29-27(34)22-11-8-14-28-26(22)31-23-12-3-4-13-24(23)35-2/h3-4,7-14,18-19H,5-6,15-17H2,1-2H3,(H,28,31)(H,29,34)(H,30,33). The number of pyridine rings is 1. The third kappa shape index (κ3) is 6.29. The molecule has 2 aromatic carbocycles. The van der Waals surface area contributed by atoms with E-state index in [1.807, 2.05) is 49.4 Å². The quantitative estimate of drug-likeness (QED) is 0.421. The SMILES string of the molecule is COc1ccccc1Nc1ncccc1C(=O)NC(C)CC(=O)Nc1cccc(N2CCCC2)c1. The second kappa shape index (κ2) is 11.4. The van der Waals surface area contributed by atoms with Gasteiger partial charge in [-0.25, -0.2) is 4.98 Å². The molecule has 0 radical (unpaired) electrons. The number of amides is 2. The summed E-state index contributed by atoms with van der Waals surface area (Å²) in [6.45, 7) is 3.90. The van der Waals surface area contributed by atoms with Gasteiger partial charge in [-0.05, 0) is 62.2 Å². The van der Waals surface area contributed by atoms with Crippen LogP contribution in [0.4, 0.5) is 22.9 Å². The Balaban J connectivity index is 1.36. The van der Waals surface area contributed by atoms with Crippen molar-refractivity contribution in [1.29, 1.82) is 0 Å². The van der Waals surface area contributed by atoms with Gasteiger partial charge in [0.1, 0.15) is 11.6 Å². The molecule has 1 atom stereocenters. The third-order valence-electron chi connectivity index (χ3n) is 5.88. The summed E-state index contributed by atoms with van der Waals surface area (Å²) in [6.07, 6.45) is 4.15. The van der Waals surface area contributed by atoms with Gasteiger partial charge in [0.05, 0.1) is 18.4 Å².